The van der Waals surface area contributed by atoms with Crippen molar-refractivity contribution >= 4 is 0 Å². The maximum absolute atomic E-state index is 9.88. The third-order valence-electron chi connectivity index (χ3n) is 4.03. The second kappa shape index (κ2) is 9.70. The van der Waals surface area contributed by atoms with Gasteiger partial charge in [-0.25, -0.2) is 0 Å². The van der Waals surface area contributed by atoms with Crippen LogP contribution in [0, 0.1) is 11.8 Å². The summed E-state index contributed by atoms with van der Waals surface area (Å²) in [5, 5.41) is 13.4. The summed E-state index contributed by atoms with van der Waals surface area (Å²) in [5.41, 5.74) is 0. The summed E-state index contributed by atoms with van der Waals surface area (Å²) in [6.45, 7) is 6.74. The zero-order chi connectivity index (χ0) is 14.1. The molecular weight excluding hydrogens is 242 g/mol. The molecule has 114 valence electrons. The first-order chi connectivity index (χ1) is 9.15. The van der Waals surface area contributed by atoms with Gasteiger partial charge in [0.2, 0.25) is 0 Å². The Morgan fingerprint density at radius 2 is 1.95 bits per heavy atom. The maximum atomic E-state index is 9.88. The van der Waals surface area contributed by atoms with Crippen LogP contribution in [0.5, 0.6) is 0 Å². The van der Waals surface area contributed by atoms with Crippen molar-refractivity contribution < 1.29 is 14.6 Å². The van der Waals surface area contributed by atoms with Crippen molar-refractivity contribution in [2.24, 2.45) is 11.8 Å². The predicted molar refractivity (Wildman–Crippen MR) is 77.3 cm³/mol. The molecule has 0 heterocycles. The first-order valence-electron chi connectivity index (χ1n) is 7.63. The van der Waals surface area contributed by atoms with E-state index in [0.29, 0.717) is 38.3 Å². The van der Waals surface area contributed by atoms with Crippen molar-refractivity contribution in [2.75, 3.05) is 33.5 Å². The summed E-state index contributed by atoms with van der Waals surface area (Å²) < 4.78 is 10.2. The second-order valence-corrected chi connectivity index (χ2v) is 5.93. The van der Waals surface area contributed by atoms with Gasteiger partial charge in [-0.1, -0.05) is 26.7 Å². The minimum absolute atomic E-state index is 0.384. The third-order valence-corrected chi connectivity index (χ3v) is 4.03. The summed E-state index contributed by atoms with van der Waals surface area (Å²) in [4.78, 5) is 0. The van der Waals surface area contributed by atoms with Crippen LogP contribution >= 0.6 is 0 Å². The molecule has 0 saturated heterocycles. The van der Waals surface area contributed by atoms with E-state index in [1.54, 1.807) is 7.11 Å². The summed E-state index contributed by atoms with van der Waals surface area (Å²) >= 11 is 0. The number of hydrogen-bond donors (Lipinski definition) is 2. The minimum atomic E-state index is -0.424. The quantitative estimate of drug-likeness (QED) is 0.629. The second-order valence-electron chi connectivity index (χ2n) is 5.93. The predicted octanol–water partition coefficient (Wildman–Crippen LogP) is 1.81. The van der Waals surface area contributed by atoms with Crippen LogP contribution in [0.25, 0.3) is 0 Å². The van der Waals surface area contributed by atoms with Crippen LogP contribution in [0.2, 0.25) is 0 Å². The Balaban J connectivity index is 2.18. The van der Waals surface area contributed by atoms with Crippen molar-refractivity contribution in [1.29, 1.82) is 0 Å². The first-order valence-corrected chi connectivity index (χ1v) is 7.63. The number of hydrogen-bond acceptors (Lipinski definition) is 4. The summed E-state index contributed by atoms with van der Waals surface area (Å²) in [6.07, 6.45) is 4.78. The lowest BCUT2D eigenvalue weighted by Gasteiger charge is -2.35. The zero-order valence-electron chi connectivity index (χ0n) is 12.7. The average Bonchev–Trinajstić information content (AvgIpc) is 2.41. The minimum Gasteiger partial charge on any atom is -0.389 e. The average molecular weight is 273 g/mol. The van der Waals surface area contributed by atoms with Crippen LogP contribution in [0.15, 0.2) is 0 Å². The van der Waals surface area contributed by atoms with E-state index in [1.165, 1.54) is 25.7 Å². The molecule has 0 aromatic rings. The van der Waals surface area contributed by atoms with E-state index in [2.05, 4.69) is 19.2 Å². The summed E-state index contributed by atoms with van der Waals surface area (Å²) in [5.74, 6) is 1.46. The van der Waals surface area contributed by atoms with E-state index >= 15 is 0 Å². The van der Waals surface area contributed by atoms with Crippen LogP contribution in [0.1, 0.15) is 39.5 Å². The molecule has 19 heavy (non-hydrogen) atoms. The molecule has 0 aliphatic heterocycles. The number of ether oxygens (including phenoxy) is 2. The van der Waals surface area contributed by atoms with Gasteiger partial charge in [0.05, 0.1) is 25.9 Å². The Bertz CT molecular complexity index is 223. The fraction of sp³-hybridized carbons (Fsp3) is 1.00. The van der Waals surface area contributed by atoms with Crippen molar-refractivity contribution in [1.82, 2.24) is 5.32 Å². The van der Waals surface area contributed by atoms with E-state index in [1.807, 2.05) is 0 Å². The first kappa shape index (κ1) is 16.9. The van der Waals surface area contributed by atoms with Crippen LogP contribution in [-0.2, 0) is 9.47 Å². The van der Waals surface area contributed by atoms with E-state index < -0.39 is 6.10 Å². The Labute approximate surface area is 117 Å². The van der Waals surface area contributed by atoms with Crippen molar-refractivity contribution in [3.8, 4) is 0 Å². The van der Waals surface area contributed by atoms with Crippen LogP contribution in [0.4, 0.5) is 0 Å². The lowest BCUT2D eigenvalue weighted by atomic mass is 9.78. The molecule has 1 saturated carbocycles. The molecule has 0 aromatic heterocycles. The smallest absolute Gasteiger partial charge is 0.0897 e. The maximum Gasteiger partial charge on any atom is 0.0897 e. The number of methoxy groups -OCH3 is 1. The van der Waals surface area contributed by atoms with Gasteiger partial charge in [0, 0.05) is 19.7 Å². The molecule has 1 fully saturated rings. The molecule has 1 rings (SSSR count). The lowest BCUT2D eigenvalue weighted by molar-refractivity contribution is 0.0111. The van der Waals surface area contributed by atoms with Gasteiger partial charge >= 0.3 is 0 Å². The van der Waals surface area contributed by atoms with Crippen molar-refractivity contribution in [3.05, 3.63) is 0 Å². The third kappa shape index (κ3) is 6.70. The molecular formula is C15H31NO3. The molecule has 0 radical (unpaired) electrons. The van der Waals surface area contributed by atoms with Crippen LogP contribution < -0.4 is 5.32 Å². The molecule has 0 spiro atoms. The molecule has 0 amide bonds. The molecule has 0 aromatic carbocycles. The highest BCUT2D eigenvalue weighted by Gasteiger charge is 2.27. The number of nitrogens with one attached hydrogen (secondary N) is 1. The topological polar surface area (TPSA) is 50.7 Å². The van der Waals surface area contributed by atoms with Crippen LogP contribution in [0.3, 0.4) is 0 Å². The van der Waals surface area contributed by atoms with Gasteiger partial charge in [-0.3, -0.25) is 0 Å². The summed E-state index contributed by atoms with van der Waals surface area (Å²) in [7, 11) is 1.65. The van der Waals surface area contributed by atoms with Gasteiger partial charge < -0.3 is 19.9 Å². The Morgan fingerprint density at radius 1 is 1.21 bits per heavy atom. The van der Waals surface area contributed by atoms with Gasteiger partial charge in [0.1, 0.15) is 0 Å². The van der Waals surface area contributed by atoms with E-state index in [-0.39, 0.29) is 0 Å². The van der Waals surface area contributed by atoms with Crippen molar-refractivity contribution in [2.45, 2.75) is 51.7 Å². The summed E-state index contributed by atoms with van der Waals surface area (Å²) in [6, 6.07) is 0.558. The fourth-order valence-electron chi connectivity index (χ4n) is 2.92. The SMILES string of the molecule is COCCOCC(O)CNC1CCCCC1C(C)C. The zero-order valence-corrected chi connectivity index (χ0v) is 12.7. The highest BCUT2D eigenvalue weighted by Crippen LogP contribution is 2.30. The number of aliphatic hydroxyl groups excluding tert-OH is 1. The largest absolute Gasteiger partial charge is 0.389 e. The number of rotatable bonds is 9. The van der Waals surface area contributed by atoms with E-state index in [9.17, 15) is 5.11 Å². The van der Waals surface area contributed by atoms with Gasteiger partial charge in [0.15, 0.2) is 0 Å². The normalized spacial score (nSPS) is 25.7. The van der Waals surface area contributed by atoms with Crippen molar-refractivity contribution in [3.63, 3.8) is 0 Å². The molecule has 4 nitrogen and oxygen atoms in total. The Hall–Kier alpha value is -0.160. The molecule has 0 bridgehead atoms. The van der Waals surface area contributed by atoms with Gasteiger partial charge in [-0.15, -0.1) is 0 Å². The molecule has 2 N–H and O–H groups in total. The monoisotopic (exact) mass is 273 g/mol. The highest BCUT2D eigenvalue weighted by atomic mass is 16.5. The van der Waals surface area contributed by atoms with E-state index in [4.69, 9.17) is 9.47 Å². The standard InChI is InChI=1S/C15H31NO3/c1-12(2)14-6-4-5-7-15(14)16-10-13(17)11-19-9-8-18-3/h12-17H,4-11H2,1-3H3. The molecule has 3 unspecified atom stereocenters. The number of aliphatic hydroxyl groups is 1. The molecule has 1 aliphatic carbocycles. The van der Waals surface area contributed by atoms with Gasteiger partial charge in [0.25, 0.3) is 0 Å². The lowest BCUT2D eigenvalue weighted by Crippen LogP contribution is -2.44. The van der Waals surface area contributed by atoms with Crippen LogP contribution in [-0.4, -0.2) is 50.7 Å². The molecule has 3 atom stereocenters. The van der Waals surface area contributed by atoms with E-state index in [0.717, 1.165) is 5.92 Å². The van der Waals surface area contributed by atoms with Gasteiger partial charge in [-0.2, -0.15) is 0 Å². The molecule has 4 heteroatoms. The fourth-order valence-corrected chi connectivity index (χ4v) is 2.92. The highest BCUT2D eigenvalue weighted by molar-refractivity contribution is 4.83. The Morgan fingerprint density at radius 3 is 2.63 bits per heavy atom. The molecule has 1 aliphatic rings. The Kier molecular flexibility index (Phi) is 8.62. The van der Waals surface area contributed by atoms with Gasteiger partial charge in [-0.05, 0) is 24.7 Å².